The number of hydrogen-bond donors (Lipinski definition) is 0. The van der Waals surface area contributed by atoms with Crippen molar-refractivity contribution in [3.8, 4) is 0 Å². The summed E-state index contributed by atoms with van der Waals surface area (Å²) in [6.07, 6.45) is 11.9. The summed E-state index contributed by atoms with van der Waals surface area (Å²) in [5.41, 5.74) is 3.39. The normalized spacial score (nSPS) is 10.9. The molecule has 0 aliphatic heterocycles. The zero-order valence-corrected chi connectivity index (χ0v) is 18.8. The van der Waals surface area contributed by atoms with Gasteiger partial charge in [0.05, 0.1) is 24.3 Å². The van der Waals surface area contributed by atoms with Crippen LogP contribution in [0.3, 0.4) is 0 Å². The zero-order valence-electron chi connectivity index (χ0n) is 18.8. The summed E-state index contributed by atoms with van der Waals surface area (Å²) < 4.78 is 10.4. The van der Waals surface area contributed by atoms with Crippen molar-refractivity contribution in [1.82, 2.24) is 0 Å². The largest absolute Gasteiger partial charge is 0.462 e. The summed E-state index contributed by atoms with van der Waals surface area (Å²) >= 11 is 0. The molecule has 2 aromatic carbocycles. The summed E-state index contributed by atoms with van der Waals surface area (Å²) in [4.78, 5) is 23.7. The standard InChI is InChI=1S/C27H34O4/c1-3-30-26(28)24-19-17-23(18-20-24)15-10-8-6-4-5-7-9-13-21-31-27(29)25-16-12-11-14-22(25)2/h8,10-12,14,16-20H,3-7,9,13,15,21H2,1-2H3/b10-8+. The van der Waals surface area contributed by atoms with Gasteiger partial charge < -0.3 is 9.47 Å². The first-order chi connectivity index (χ1) is 15.1. The maximum Gasteiger partial charge on any atom is 0.338 e. The highest BCUT2D eigenvalue weighted by molar-refractivity contribution is 5.91. The summed E-state index contributed by atoms with van der Waals surface area (Å²) in [5, 5.41) is 0. The fourth-order valence-electron chi connectivity index (χ4n) is 3.27. The third kappa shape index (κ3) is 9.20. The third-order valence-corrected chi connectivity index (χ3v) is 5.10. The molecule has 0 saturated carbocycles. The van der Waals surface area contributed by atoms with Gasteiger partial charge in [-0.1, -0.05) is 61.7 Å². The van der Waals surface area contributed by atoms with Gasteiger partial charge in [-0.2, -0.15) is 0 Å². The van der Waals surface area contributed by atoms with Crippen LogP contribution in [0.25, 0.3) is 0 Å². The van der Waals surface area contributed by atoms with E-state index >= 15 is 0 Å². The quantitative estimate of drug-likeness (QED) is 0.211. The van der Waals surface area contributed by atoms with Crippen LogP contribution in [0, 0.1) is 6.92 Å². The Morgan fingerprint density at radius 1 is 0.806 bits per heavy atom. The molecule has 0 heterocycles. The highest BCUT2D eigenvalue weighted by Crippen LogP contribution is 2.11. The van der Waals surface area contributed by atoms with E-state index in [9.17, 15) is 9.59 Å². The molecule has 0 radical (unpaired) electrons. The van der Waals surface area contributed by atoms with Gasteiger partial charge in [-0.05, 0) is 68.9 Å². The summed E-state index contributed by atoms with van der Waals surface area (Å²) in [5.74, 6) is -0.493. The molecule has 0 aliphatic rings. The van der Waals surface area contributed by atoms with Gasteiger partial charge in [-0.15, -0.1) is 0 Å². The molecule has 0 aliphatic carbocycles. The predicted molar refractivity (Wildman–Crippen MR) is 124 cm³/mol. The van der Waals surface area contributed by atoms with E-state index in [1.54, 1.807) is 0 Å². The Morgan fingerprint density at radius 3 is 2.26 bits per heavy atom. The van der Waals surface area contributed by atoms with Crippen molar-refractivity contribution in [3.63, 3.8) is 0 Å². The van der Waals surface area contributed by atoms with Crippen LogP contribution >= 0.6 is 0 Å². The molecular formula is C27H34O4. The molecule has 2 aromatic rings. The number of carbonyl (C=O) groups excluding carboxylic acids is 2. The highest BCUT2D eigenvalue weighted by Gasteiger charge is 2.08. The molecule has 0 atom stereocenters. The lowest BCUT2D eigenvalue weighted by Gasteiger charge is -2.06. The Labute approximate surface area is 186 Å². The first-order valence-corrected chi connectivity index (χ1v) is 11.3. The Morgan fingerprint density at radius 2 is 1.52 bits per heavy atom. The van der Waals surface area contributed by atoms with E-state index in [1.807, 2.05) is 62.4 Å². The molecule has 0 unspecified atom stereocenters. The third-order valence-electron chi connectivity index (χ3n) is 5.10. The van der Waals surface area contributed by atoms with Crippen molar-refractivity contribution >= 4 is 11.9 Å². The minimum Gasteiger partial charge on any atom is -0.462 e. The molecule has 0 saturated heterocycles. The minimum atomic E-state index is -0.269. The molecule has 0 amide bonds. The summed E-state index contributed by atoms with van der Waals surface area (Å²) in [7, 11) is 0. The molecule has 0 aromatic heterocycles. The highest BCUT2D eigenvalue weighted by atomic mass is 16.5. The molecule has 2 rings (SSSR count). The minimum absolute atomic E-state index is 0.223. The zero-order chi connectivity index (χ0) is 22.3. The molecular weight excluding hydrogens is 388 g/mol. The number of esters is 2. The van der Waals surface area contributed by atoms with Gasteiger partial charge in [0.1, 0.15) is 0 Å². The number of benzene rings is 2. The van der Waals surface area contributed by atoms with Gasteiger partial charge in [0.2, 0.25) is 0 Å². The molecule has 166 valence electrons. The number of hydrogen-bond acceptors (Lipinski definition) is 4. The Balaban J connectivity index is 1.49. The van der Waals surface area contributed by atoms with E-state index < -0.39 is 0 Å². The lowest BCUT2D eigenvalue weighted by atomic mass is 10.1. The summed E-state index contributed by atoms with van der Waals surface area (Å²) in [6, 6.07) is 15.1. The number of aryl methyl sites for hydroxylation is 1. The second-order valence-electron chi connectivity index (χ2n) is 7.60. The second kappa shape index (κ2) is 14.2. The van der Waals surface area contributed by atoms with Crippen molar-refractivity contribution in [2.24, 2.45) is 0 Å². The first-order valence-electron chi connectivity index (χ1n) is 11.3. The Bertz CT molecular complexity index is 837. The second-order valence-corrected chi connectivity index (χ2v) is 7.60. The molecule has 0 fully saturated rings. The Hall–Kier alpha value is -2.88. The topological polar surface area (TPSA) is 52.6 Å². The fraction of sp³-hybridized carbons (Fsp3) is 0.407. The number of ether oxygens (including phenoxy) is 2. The van der Waals surface area contributed by atoms with Crippen molar-refractivity contribution in [2.75, 3.05) is 13.2 Å². The van der Waals surface area contributed by atoms with Crippen LogP contribution in [0.15, 0.2) is 60.7 Å². The number of unbranched alkanes of at least 4 members (excludes halogenated alkanes) is 5. The van der Waals surface area contributed by atoms with Gasteiger partial charge in [0, 0.05) is 0 Å². The average Bonchev–Trinajstić information content (AvgIpc) is 2.78. The van der Waals surface area contributed by atoms with Crippen molar-refractivity contribution in [3.05, 3.63) is 82.9 Å². The lowest BCUT2D eigenvalue weighted by molar-refractivity contribution is 0.0494. The van der Waals surface area contributed by atoms with E-state index in [1.165, 1.54) is 18.4 Å². The van der Waals surface area contributed by atoms with Gasteiger partial charge in [-0.3, -0.25) is 0 Å². The van der Waals surface area contributed by atoms with Crippen molar-refractivity contribution in [2.45, 2.75) is 58.8 Å². The SMILES string of the molecule is CCOC(=O)c1ccc(C/C=C/CCCCCCCOC(=O)c2ccccc2C)cc1. The van der Waals surface area contributed by atoms with E-state index in [0.717, 1.165) is 37.7 Å². The van der Waals surface area contributed by atoms with Gasteiger partial charge >= 0.3 is 11.9 Å². The van der Waals surface area contributed by atoms with Gasteiger partial charge in [0.15, 0.2) is 0 Å². The number of allylic oxidation sites excluding steroid dienone is 2. The molecule has 0 spiro atoms. The van der Waals surface area contributed by atoms with E-state index in [-0.39, 0.29) is 11.9 Å². The van der Waals surface area contributed by atoms with E-state index in [2.05, 4.69) is 12.2 Å². The maximum atomic E-state index is 12.0. The van der Waals surface area contributed by atoms with Crippen LogP contribution in [-0.2, 0) is 15.9 Å². The predicted octanol–water partition coefficient (Wildman–Crippen LogP) is 6.47. The van der Waals surface area contributed by atoms with Gasteiger partial charge in [-0.25, -0.2) is 9.59 Å². The van der Waals surface area contributed by atoms with Crippen LogP contribution in [0.1, 0.15) is 77.3 Å². The lowest BCUT2D eigenvalue weighted by Crippen LogP contribution is -2.08. The number of carbonyl (C=O) groups is 2. The van der Waals surface area contributed by atoms with E-state index in [4.69, 9.17) is 9.47 Å². The van der Waals surface area contributed by atoms with E-state index in [0.29, 0.717) is 24.3 Å². The van der Waals surface area contributed by atoms with Crippen LogP contribution in [0.5, 0.6) is 0 Å². The molecule has 31 heavy (non-hydrogen) atoms. The van der Waals surface area contributed by atoms with Crippen molar-refractivity contribution < 1.29 is 19.1 Å². The fourth-order valence-corrected chi connectivity index (χ4v) is 3.27. The smallest absolute Gasteiger partial charge is 0.338 e. The average molecular weight is 423 g/mol. The van der Waals surface area contributed by atoms with Crippen LogP contribution in [0.4, 0.5) is 0 Å². The first kappa shape index (κ1) is 24.4. The summed E-state index contributed by atoms with van der Waals surface area (Å²) in [6.45, 7) is 4.61. The van der Waals surface area contributed by atoms with Crippen LogP contribution in [-0.4, -0.2) is 25.2 Å². The van der Waals surface area contributed by atoms with Crippen LogP contribution in [0.2, 0.25) is 0 Å². The maximum absolute atomic E-state index is 12.0. The molecule has 0 bridgehead atoms. The molecule has 0 N–H and O–H groups in total. The molecule has 4 heteroatoms. The molecule has 4 nitrogen and oxygen atoms in total. The Kier molecular flexibility index (Phi) is 11.2. The van der Waals surface area contributed by atoms with Crippen LogP contribution < -0.4 is 0 Å². The van der Waals surface area contributed by atoms with Crippen molar-refractivity contribution in [1.29, 1.82) is 0 Å². The van der Waals surface area contributed by atoms with Gasteiger partial charge in [0.25, 0.3) is 0 Å². The number of rotatable bonds is 13. The monoisotopic (exact) mass is 422 g/mol.